The van der Waals surface area contributed by atoms with Gasteiger partial charge in [0.2, 0.25) is 5.91 Å². The Labute approximate surface area is 134 Å². The molecule has 0 unspecified atom stereocenters. The molecule has 22 heavy (non-hydrogen) atoms. The van der Waals surface area contributed by atoms with Crippen molar-refractivity contribution in [3.05, 3.63) is 24.3 Å². The zero-order valence-corrected chi connectivity index (χ0v) is 13.5. The van der Waals surface area contributed by atoms with E-state index in [-0.39, 0.29) is 18.5 Å². The summed E-state index contributed by atoms with van der Waals surface area (Å²) in [5.41, 5.74) is 0.756. The number of carbonyl (C=O) groups is 1. The Hall–Kier alpha value is -1.30. The molecule has 3 nitrogen and oxygen atoms in total. The molecule has 1 saturated carbocycles. The van der Waals surface area contributed by atoms with E-state index in [0.29, 0.717) is 16.7 Å². The van der Waals surface area contributed by atoms with Crippen LogP contribution in [0.1, 0.15) is 32.6 Å². The van der Waals surface area contributed by atoms with Crippen LogP contribution in [0.25, 0.3) is 0 Å². The summed E-state index contributed by atoms with van der Waals surface area (Å²) in [6.45, 7) is 2.45. The largest absolute Gasteiger partial charge is 0.376 e. The van der Waals surface area contributed by atoms with Gasteiger partial charge in [0.25, 0.3) is 5.76 Å². The van der Waals surface area contributed by atoms with Crippen LogP contribution in [0.5, 0.6) is 0 Å². The summed E-state index contributed by atoms with van der Waals surface area (Å²) < 4.78 is 24.4. The lowest BCUT2D eigenvalue weighted by Gasteiger charge is -2.27. The molecule has 2 N–H and O–H groups in total. The molecule has 6 heteroatoms. The quantitative estimate of drug-likeness (QED) is 0.772. The second-order valence-corrected chi connectivity index (χ2v) is 6.84. The van der Waals surface area contributed by atoms with Crippen molar-refractivity contribution < 1.29 is 13.6 Å². The summed E-state index contributed by atoms with van der Waals surface area (Å²) >= 11 is 0.515. The first-order valence-electron chi connectivity index (χ1n) is 7.61. The molecule has 0 aromatic heterocycles. The molecule has 1 aromatic carbocycles. The van der Waals surface area contributed by atoms with Crippen LogP contribution >= 0.6 is 11.8 Å². The zero-order chi connectivity index (χ0) is 15.9. The molecule has 1 amide bonds. The summed E-state index contributed by atoms with van der Waals surface area (Å²) in [6, 6.07) is 6.95. The molecule has 1 aromatic rings. The SMILES string of the molecule is CC1CCC(NC(=O)CNc2ccc(SC(F)F)cc2)CC1. The van der Waals surface area contributed by atoms with Gasteiger partial charge in [0.05, 0.1) is 6.54 Å². The number of benzene rings is 1. The summed E-state index contributed by atoms with van der Waals surface area (Å²) in [6.07, 6.45) is 4.43. The Morgan fingerprint density at radius 2 is 1.86 bits per heavy atom. The molecular formula is C16H22F2N2OS. The average Bonchev–Trinajstić information content (AvgIpc) is 2.48. The minimum absolute atomic E-state index is 0.0226. The highest BCUT2D eigenvalue weighted by Gasteiger charge is 2.19. The number of rotatable bonds is 6. The van der Waals surface area contributed by atoms with Crippen LogP contribution in [0.15, 0.2) is 29.2 Å². The van der Waals surface area contributed by atoms with Crippen molar-refractivity contribution >= 4 is 23.4 Å². The highest BCUT2D eigenvalue weighted by atomic mass is 32.2. The van der Waals surface area contributed by atoms with Crippen molar-refractivity contribution in [3.8, 4) is 0 Å². The van der Waals surface area contributed by atoms with Gasteiger partial charge in [-0.15, -0.1) is 0 Å². The third-order valence-electron chi connectivity index (χ3n) is 3.91. The molecule has 1 aliphatic carbocycles. The number of amides is 1. The van der Waals surface area contributed by atoms with Gasteiger partial charge in [-0.05, 0) is 55.9 Å². The molecule has 0 saturated heterocycles. The smallest absolute Gasteiger partial charge is 0.288 e. The maximum atomic E-state index is 12.2. The first kappa shape index (κ1) is 17.1. The number of alkyl halides is 2. The number of hydrogen-bond donors (Lipinski definition) is 2. The average molecular weight is 328 g/mol. The monoisotopic (exact) mass is 328 g/mol. The van der Waals surface area contributed by atoms with Crippen molar-refractivity contribution in [1.29, 1.82) is 0 Å². The van der Waals surface area contributed by atoms with Crippen molar-refractivity contribution in [2.24, 2.45) is 5.92 Å². The van der Waals surface area contributed by atoms with Crippen LogP contribution in [0, 0.1) is 5.92 Å². The first-order chi connectivity index (χ1) is 10.5. The van der Waals surface area contributed by atoms with Gasteiger partial charge in [-0.25, -0.2) is 0 Å². The summed E-state index contributed by atoms with van der Waals surface area (Å²) in [5.74, 6) is -1.68. The summed E-state index contributed by atoms with van der Waals surface area (Å²) in [4.78, 5) is 12.4. The maximum Gasteiger partial charge on any atom is 0.288 e. The Balaban J connectivity index is 1.71. The predicted molar refractivity (Wildman–Crippen MR) is 86.4 cm³/mol. The summed E-state index contributed by atoms with van der Waals surface area (Å²) in [5, 5.41) is 6.06. The lowest BCUT2D eigenvalue weighted by Crippen LogP contribution is -2.40. The number of carbonyl (C=O) groups excluding carboxylic acids is 1. The Morgan fingerprint density at radius 1 is 1.23 bits per heavy atom. The van der Waals surface area contributed by atoms with Gasteiger partial charge >= 0.3 is 0 Å². The van der Waals surface area contributed by atoms with Gasteiger partial charge in [0, 0.05) is 16.6 Å². The van der Waals surface area contributed by atoms with Gasteiger partial charge in [-0.3, -0.25) is 4.79 Å². The van der Waals surface area contributed by atoms with Crippen molar-refractivity contribution in [2.45, 2.75) is 49.3 Å². The standard InChI is InChI=1S/C16H22F2N2OS/c1-11-2-4-13(5-3-11)20-15(21)10-19-12-6-8-14(9-7-12)22-16(17)18/h6-9,11,13,16,19H,2-5,10H2,1H3,(H,20,21). The Kier molecular flexibility index (Phi) is 6.49. The third kappa shape index (κ3) is 5.83. The van der Waals surface area contributed by atoms with Crippen LogP contribution in [0.2, 0.25) is 0 Å². The molecule has 0 spiro atoms. The molecule has 0 bridgehead atoms. The van der Waals surface area contributed by atoms with Gasteiger partial charge in [-0.2, -0.15) is 8.78 Å². The fourth-order valence-corrected chi connectivity index (χ4v) is 3.12. The first-order valence-corrected chi connectivity index (χ1v) is 8.49. The van der Waals surface area contributed by atoms with Crippen molar-refractivity contribution in [2.75, 3.05) is 11.9 Å². The molecule has 0 radical (unpaired) electrons. The van der Waals surface area contributed by atoms with Gasteiger partial charge < -0.3 is 10.6 Å². The lowest BCUT2D eigenvalue weighted by molar-refractivity contribution is -0.120. The lowest BCUT2D eigenvalue weighted by atomic mass is 9.87. The topological polar surface area (TPSA) is 41.1 Å². The molecule has 1 aliphatic rings. The Bertz CT molecular complexity index is 474. The minimum atomic E-state index is -2.41. The fourth-order valence-electron chi connectivity index (χ4n) is 2.62. The number of anilines is 1. The van der Waals surface area contributed by atoms with E-state index in [1.807, 2.05) is 0 Å². The molecule has 0 heterocycles. The fraction of sp³-hybridized carbons (Fsp3) is 0.562. The molecule has 2 rings (SSSR count). The van der Waals surface area contributed by atoms with E-state index >= 15 is 0 Å². The van der Waals surface area contributed by atoms with E-state index in [0.717, 1.165) is 24.4 Å². The Morgan fingerprint density at radius 3 is 2.45 bits per heavy atom. The van der Waals surface area contributed by atoms with E-state index in [2.05, 4.69) is 17.6 Å². The third-order valence-corrected chi connectivity index (χ3v) is 4.64. The van der Waals surface area contributed by atoms with E-state index in [1.54, 1.807) is 24.3 Å². The maximum absolute atomic E-state index is 12.2. The molecule has 1 fully saturated rings. The van der Waals surface area contributed by atoms with Crippen molar-refractivity contribution in [1.82, 2.24) is 5.32 Å². The van der Waals surface area contributed by atoms with Crippen molar-refractivity contribution in [3.63, 3.8) is 0 Å². The number of halogens is 2. The van der Waals surface area contributed by atoms with Crippen LogP contribution in [0.4, 0.5) is 14.5 Å². The highest BCUT2D eigenvalue weighted by Crippen LogP contribution is 2.26. The molecule has 0 atom stereocenters. The van der Waals surface area contributed by atoms with E-state index < -0.39 is 5.76 Å². The second kappa shape index (κ2) is 8.36. The van der Waals surface area contributed by atoms with Gasteiger partial charge in [-0.1, -0.05) is 18.7 Å². The van der Waals surface area contributed by atoms with E-state index in [4.69, 9.17) is 0 Å². The van der Waals surface area contributed by atoms with Crippen LogP contribution in [0.3, 0.4) is 0 Å². The van der Waals surface area contributed by atoms with Crippen LogP contribution < -0.4 is 10.6 Å². The zero-order valence-electron chi connectivity index (χ0n) is 12.6. The normalized spacial score (nSPS) is 21.6. The van der Waals surface area contributed by atoms with Crippen LogP contribution in [-0.2, 0) is 4.79 Å². The molecular weight excluding hydrogens is 306 g/mol. The number of hydrogen-bond acceptors (Lipinski definition) is 3. The molecule has 122 valence electrons. The van der Waals surface area contributed by atoms with Crippen LogP contribution in [-0.4, -0.2) is 24.3 Å². The van der Waals surface area contributed by atoms with E-state index in [9.17, 15) is 13.6 Å². The second-order valence-electron chi connectivity index (χ2n) is 5.78. The van der Waals surface area contributed by atoms with Gasteiger partial charge in [0.1, 0.15) is 0 Å². The number of nitrogens with one attached hydrogen (secondary N) is 2. The van der Waals surface area contributed by atoms with Gasteiger partial charge in [0.15, 0.2) is 0 Å². The summed E-state index contributed by atoms with van der Waals surface area (Å²) in [7, 11) is 0. The predicted octanol–water partition coefficient (Wildman–Crippen LogP) is 4.11. The minimum Gasteiger partial charge on any atom is -0.376 e. The molecule has 0 aliphatic heterocycles. The highest BCUT2D eigenvalue weighted by molar-refractivity contribution is 7.99. The van der Waals surface area contributed by atoms with E-state index in [1.165, 1.54) is 12.8 Å². The number of thioether (sulfide) groups is 1.